The average molecular weight is 287 g/mol. The van der Waals surface area contributed by atoms with E-state index < -0.39 is 5.97 Å². The normalized spacial score (nSPS) is 15.7. The van der Waals surface area contributed by atoms with Gasteiger partial charge in [-0.2, -0.15) is 0 Å². The summed E-state index contributed by atoms with van der Waals surface area (Å²) in [6, 6.07) is 6.55. The predicted molar refractivity (Wildman–Crippen MR) is 72.6 cm³/mol. The first-order chi connectivity index (χ1) is 10.0. The second-order valence-corrected chi connectivity index (χ2v) is 5.02. The number of furan rings is 1. The second kappa shape index (κ2) is 5.05. The van der Waals surface area contributed by atoms with Crippen LogP contribution in [0.3, 0.4) is 0 Å². The van der Waals surface area contributed by atoms with Gasteiger partial charge in [-0.3, -0.25) is 14.5 Å². The Morgan fingerprint density at radius 1 is 1.19 bits per heavy atom. The molecule has 0 spiro atoms. The van der Waals surface area contributed by atoms with Crippen molar-refractivity contribution in [3.63, 3.8) is 0 Å². The molecule has 2 amide bonds. The molecule has 21 heavy (non-hydrogen) atoms. The highest BCUT2D eigenvalue weighted by molar-refractivity contribution is 5.97. The minimum absolute atomic E-state index is 0.132. The Bertz CT molecular complexity index is 730. The standard InChI is InChI=1S/C15H13NO5/c17-13-2-1-3-14(18)16(13)8-9-4-5-11-10(6-9)7-12(21-11)15(19)20/h4-7H,1-3,8H2,(H,19,20). The fourth-order valence-electron chi connectivity index (χ4n) is 2.46. The van der Waals surface area contributed by atoms with Gasteiger partial charge in [0.05, 0.1) is 6.54 Å². The second-order valence-electron chi connectivity index (χ2n) is 5.02. The van der Waals surface area contributed by atoms with Crippen LogP contribution in [0.15, 0.2) is 28.7 Å². The topological polar surface area (TPSA) is 87.8 Å². The predicted octanol–water partition coefficient (Wildman–Crippen LogP) is 2.17. The maximum Gasteiger partial charge on any atom is 0.371 e. The van der Waals surface area contributed by atoms with Crippen LogP contribution in [-0.2, 0) is 16.1 Å². The van der Waals surface area contributed by atoms with Gasteiger partial charge in [-0.15, -0.1) is 0 Å². The van der Waals surface area contributed by atoms with Gasteiger partial charge in [0.2, 0.25) is 17.6 Å². The molecule has 0 unspecified atom stereocenters. The Kier molecular flexibility index (Phi) is 3.21. The molecule has 1 aliphatic heterocycles. The number of piperidine rings is 1. The van der Waals surface area contributed by atoms with Gasteiger partial charge in [-0.25, -0.2) is 4.79 Å². The molecule has 6 nitrogen and oxygen atoms in total. The lowest BCUT2D eigenvalue weighted by Crippen LogP contribution is -2.39. The van der Waals surface area contributed by atoms with Crippen molar-refractivity contribution in [3.8, 4) is 0 Å². The maximum atomic E-state index is 11.8. The smallest absolute Gasteiger partial charge is 0.371 e. The SMILES string of the molecule is O=C(O)c1cc2cc(CN3C(=O)CCCC3=O)ccc2o1. The summed E-state index contributed by atoms with van der Waals surface area (Å²) in [5.74, 6) is -1.59. The zero-order valence-electron chi connectivity index (χ0n) is 11.2. The molecule has 1 aromatic carbocycles. The van der Waals surface area contributed by atoms with E-state index in [1.54, 1.807) is 18.2 Å². The van der Waals surface area contributed by atoms with Crippen LogP contribution in [0.25, 0.3) is 11.0 Å². The van der Waals surface area contributed by atoms with Crippen LogP contribution in [0.2, 0.25) is 0 Å². The van der Waals surface area contributed by atoms with Crippen molar-refractivity contribution in [1.82, 2.24) is 4.90 Å². The molecule has 1 saturated heterocycles. The molecule has 1 aliphatic rings. The first-order valence-electron chi connectivity index (χ1n) is 6.63. The highest BCUT2D eigenvalue weighted by Gasteiger charge is 2.25. The average Bonchev–Trinajstić information content (AvgIpc) is 2.86. The first kappa shape index (κ1) is 13.4. The van der Waals surface area contributed by atoms with E-state index in [9.17, 15) is 14.4 Å². The van der Waals surface area contributed by atoms with Gasteiger partial charge < -0.3 is 9.52 Å². The van der Waals surface area contributed by atoms with Crippen LogP contribution in [0, 0.1) is 0 Å². The number of likely N-dealkylation sites (tertiary alicyclic amines) is 1. The Morgan fingerprint density at radius 3 is 2.57 bits per heavy atom. The van der Waals surface area contributed by atoms with E-state index in [1.807, 2.05) is 0 Å². The van der Waals surface area contributed by atoms with Crippen LogP contribution in [0.1, 0.15) is 35.4 Å². The molecular formula is C15H13NO5. The molecule has 0 saturated carbocycles. The number of benzene rings is 1. The third-order valence-electron chi connectivity index (χ3n) is 3.52. The Hall–Kier alpha value is -2.63. The lowest BCUT2D eigenvalue weighted by molar-refractivity contribution is -0.148. The molecular weight excluding hydrogens is 274 g/mol. The van der Waals surface area contributed by atoms with Crippen molar-refractivity contribution >= 4 is 28.8 Å². The Labute approximate surface area is 119 Å². The molecule has 0 aliphatic carbocycles. The van der Waals surface area contributed by atoms with Crippen molar-refractivity contribution in [2.75, 3.05) is 0 Å². The van der Waals surface area contributed by atoms with Crippen LogP contribution < -0.4 is 0 Å². The van der Waals surface area contributed by atoms with Gasteiger partial charge in [0.25, 0.3) is 0 Å². The fourth-order valence-corrected chi connectivity index (χ4v) is 2.46. The summed E-state index contributed by atoms with van der Waals surface area (Å²) in [7, 11) is 0. The van der Waals surface area contributed by atoms with Crippen molar-refractivity contribution in [2.24, 2.45) is 0 Å². The molecule has 0 radical (unpaired) electrons. The third-order valence-corrected chi connectivity index (χ3v) is 3.52. The van der Waals surface area contributed by atoms with E-state index >= 15 is 0 Å². The van der Waals surface area contributed by atoms with Crippen molar-refractivity contribution in [3.05, 3.63) is 35.6 Å². The van der Waals surface area contributed by atoms with Gasteiger partial charge in [0.15, 0.2) is 0 Å². The van der Waals surface area contributed by atoms with E-state index in [4.69, 9.17) is 9.52 Å². The lowest BCUT2D eigenvalue weighted by Gasteiger charge is -2.24. The molecule has 1 fully saturated rings. The Morgan fingerprint density at radius 2 is 1.90 bits per heavy atom. The number of aromatic carboxylic acids is 1. The minimum Gasteiger partial charge on any atom is -0.475 e. The molecule has 0 atom stereocenters. The van der Waals surface area contributed by atoms with Gasteiger partial charge in [0, 0.05) is 18.2 Å². The summed E-state index contributed by atoms with van der Waals surface area (Å²) in [6.45, 7) is 0.210. The van der Waals surface area contributed by atoms with Crippen LogP contribution in [-0.4, -0.2) is 27.8 Å². The summed E-state index contributed by atoms with van der Waals surface area (Å²) in [6.07, 6.45) is 1.39. The largest absolute Gasteiger partial charge is 0.475 e. The number of carbonyl (C=O) groups excluding carboxylic acids is 2. The lowest BCUT2D eigenvalue weighted by atomic mass is 10.1. The van der Waals surface area contributed by atoms with Gasteiger partial charge in [-0.1, -0.05) is 6.07 Å². The highest BCUT2D eigenvalue weighted by Crippen LogP contribution is 2.23. The summed E-state index contributed by atoms with van der Waals surface area (Å²) in [5.41, 5.74) is 1.23. The molecule has 1 N–H and O–H groups in total. The first-order valence-corrected chi connectivity index (χ1v) is 6.63. The van der Waals surface area contributed by atoms with Crippen LogP contribution in [0.5, 0.6) is 0 Å². The number of hydrogen-bond donors (Lipinski definition) is 1. The van der Waals surface area contributed by atoms with Crippen LogP contribution >= 0.6 is 0 Å². The summed E-state index contributed by atoms with van der Waals surface area (Å²) in [5, 5.41) is 9.53. The number of amides is 2. The van der Waals surface area contributed by atoms with E-state index in [0.29, 0.717) is 30.2 Å². The van der Waals surface area contributed by atoms with Crippen molar-refractivity contribution in [2.45, 2.75) is 25.8 Å². The summed E-state index contributed by atoms with van der Waals surface area (Å²) >= 11 is 0. The molecule has 2 aromatic rings. The number of imide groups is 1. The van der Waals surface area contributed by atoms with E-state index in [2.05, 4.69) is 0 Å². The molecule has 1 aromatic heterocycles. The molecule has 108 valence electrons. The monoisotopic (exact) mass is 287 g/mol. The van der Waals surface area contributed by atoms with E-state index in [1.165, 1.54) is 11.0 Å². The Balaban J connectivity index is 1.88. The zero-order chi connectivity index (χ0) is 15.0. The molecule has 2 heterocycles. The number of carboxylic acids is 1. The van der Waals surface area contributed by atoms with Gasteiger partial charge >= 0.3 is 5.97 Å². The van der Waals surface area contributed by atoms with Crippen molar-refractivity contribution < 1.29 is 23.9 Å². The number of nitrogens with zero attached hydrogens (tertiary/aromatic N) is 1. The molecule has 3 rings (SSSR count). The number of carbonyl (C=O) groups is 3. The molecule has 6 heteroatoms. The van der Waals surface area contributed by atoms with E-state index in [0.717, 1.165) is 5.56 Å². The number of rotatable bonds is 3. The highest BCUT2D eigenvalue weighted by atomic mass is 16.4. The number of fused-ring (bicyclic) bond motifs is 1. The third kappa shape index (κ3) is 2.52. The molecule has 0 bridgehead atoms. The zero-order valence-corrected chi connectivity index (χ0v) is 11.2. The van der Waals surface area contributed by atoms with E-state index in [-0.39, 0.29) is 24.1 Å². The summed E-state index contributed by atoms with van der Waals surface area (Å²) in [4.78, 5) is 35.7. The maximum absolute atomic E-state index is 11.8. The van der Waals surface area contributed by atoms with Gasteiger partial charge in [-0.05, 0) is 30.2 Å². The summed E-state index contributed by atoms with van der Waals surface area (Å²) < 4.78 is 5.17. The minimum atomic E-state index is -1.13. The van der Waals surface area contributed by atoms with Crippen molar-refractivity contribution in [1.29, 1.82) is 0 Å². The number of carboxylic acid groups (broad SMARTS) is 1. The quantitative estimate of drug-likeness (QED) is 0.874. The fraction of sp³-hybridized carbons (Fsp3) is 0.267. The van der Waals surface area contributed by atoms with Gasteiger partial charge in [0.1, 0.15) is 5.58 Å². The van der Waals surface area contributed by atoms with Crippen LogP contribution in [0.4, 0.5) is 0 Å². The number of hydrogen-bond acceptors (Lipinski definition) is 4.